The second kappa shape index (κ2) is 7.56. The number of methoxy groups -OCH3 is 1. The average Bonchev–Trinajstić information content (AvgIpc) is 2.53. The molecule has 0 aliphatic heterocycles. The lowest BCUT2D eigenvalue weighted by Gasteiger charge is -2.04. The van der Waals surface area contributed by atoms with Gasteiger partial charge in [0.05, 0.1) is 12.9 Å². The minimum Gasteiger partial charge on any atom is -0.497 e. The maximum absolute atomic E-state index is 12.1. The van der Waals surface area contributed by atoms with E-state index in [1.54, 1.807) is 43.5 Å². The third-order valence-corrected chi connectivity index (χ3v) is 3.63. The van der Waals surface area contributed by atoms with E-state index in [1.165, 1.54) is 18.7 Å². The molecule has 1 N–H and O–H groups in total. The van der Waals surface area contributed by atoms with Crippen molar-refractivity contribution in [2.45, 2.75) is 11.9 Å². The van der Waals surface area contributed by atoms with Crippen molar-refractivity contribution in [3.05, 3.63) is 42.0 Å². The number of carbonyl (C=O) groups is 2. The summed E-state index contributed by atoms with van der Waals surface area (Å²) in [4.78, 5) is 22.9. The molecule has 0 aliphatic rings. The van der Waals surface area contributed by atoms with E-state index in [0.717, 1.165) is 0 Å². The van der Waals surface area contributed by atoms with Gasteiger partial charge in [-0.15, -0.1) is 10.2 Å². The maximum atomic E-state index is 12.1. The SMILES string of the molecule is COc1ccc(C(=O)CSc2ccc(NC(C)=O)nn2)cc1. The Hall–Kier alpha value is -2.41. The highest BCUT2D eigenvalue weighted by molar-refractivity contribution is 7.99. The Labute approximate surface area is 132 Å². The van der Waals surface area contributed by atoms with Crippen LogP contribution in [0.25, 0.3) is 0 Å². The predicted octanol–water partition coefficient (Wildman–Crippen LogP) is 2.42. The molecule has 0 aliphatic carbocycles. The standard InChI is InChI=1S/C15H15N3O3S/c1-10(19)16-14-7-8-15(18-17-14)22-9-13(20)11-3-5-12(21-2)6-4-11/h3-8H,9H2,1-2H3,(H,16,17,19). The van der Waals surface area contributed by atoms with Gasteiger partial charge in [0, 0.05) is 12.5 Å². The summed E-state index contributed by atoms with van der Waals surface area (Å²) in [6.07, 6.45) is 0. The monoisotopic (exact) mass is 317 g/mol. The number of carbonyl (C=O) groups excluding carboxylic acids is 2. The Kier molecular flexibility index (Phi) is 5.48. The van der Waals surface area contributed by atoms with E-state index in [0.29, 0.717) is 22.2 Å². The zero-order chi connectivity index (χ0) is 15.9. The van der Waals surface area contributed by atoms with Crippen molar-refractivity contribution < 1.29 is 14.3 Å². The molecule has 1 aromatic heterocycles. The Bertz CT molecular complexity index is 657. The van der Waals surface area contributed by atoms with Crippen LogP contribution in [0.4, 0.5) is 5.82 Å². The number of hydrogen-bond acceptors (Lipinski definition) is 6. The van der Waals surface area contributed by atoms with E-state index in [1.807, 2.05) is 0 Å². The summed E-state index contributed by atoms with van der Waals surface area (Å²) in [5, 5.41) is 11.0. The van der Waals surface area contributed by atoms with E-state index in [2.05, 4.69) is 15.5 Å². The lowest BCUT2D eigenvalue weighted by molar-refractivity contribution is -0.114. The quantitative estimate of drug-likeness (QED) is 0.651. The molecule has 114 valence electrons. The van der Waals surface area contributed by atoms with Crippen molar-refractivity contribution >= 4 is 29.3 Å². The number of thioether (sulfide) groups is 1. The summed E-state index contributed by atoms with van der Waals surface area (Å²) in [5.41, 5.74) is 0.621. The number of anilines is 1. The van der Waals surface area contributed by atoms with Crippen LogP contribution in [0.1, 0.15) is 17.3 Å². The molecule has 0 spiro atoms. The van der Waals surface area contributed by atoms with Crippen LogP contribution >= 0.6 is 11.8 Å². The number of ether oxygens (including phenoxy) is 1. The fraction of sp³-hybridized carbons (Fsp3) is 0.200. The Morgan fingerprint density at radius 1 is 1.14 bits per heavy atom. The normalized spacial score (nSPS) is 10.1. The van der Waals surface area contributed by atoms with E-state index in [-0.39, 0.29) is 17.4 Å². The molecule has 6 nitrogen and oxygen atoms in total. The van der Waals surface area contributed by atoms with Gasteiger partial charge in [0.25, 0.3) is 0 Å². The van der Waals surface area contributed by atoms with Crippen LogP contribution in [0.2, 0.25) is 0 Å². The summed E-state index contributed by atoms with van der Waals surface area (Å²) < 4.78 is 5.05. The largest absolute Gasteiger partial charge is 0.497 e. The molecule has 1 aromatic carbocycles. The van der Waals surface area contributed by atoms with Crippen molar-refractivity contribution in [2.75, 3.05) is 18.2 Å². The maximum Gasteiger partial charge on any atom is 0.222 e. The molecule has 2 rings (SSSR count). The zero-order valence-corrected chi connectivity index (χ0v) is 13.0. The van der Waals surface area contributed by atoms with Gasteiger partial charge in [-0.25, -0.2) is 0 Å². The van der Waals surface area contributed by atoms with E-state index >= 15 is 0 Å². The first-order chi connectivity index (χ1) is 10.6. The van der Waals surface area contributed by atoms with Crippen LogP contribution in [0.5, 0.6) is 5.75 Å². The smallest absolute Gasteiger partial charge is 0.222 e. The molecule has 0 unspecified atom stereocenters. The van der Waals surface area contributed by atoms with Crippen molar-refractivity contribution in [1.29, 1.82) is 0 Å². The Morgan fingerprint density at radius 3 is 2.41 bits per heavy atom. The molecule has 1 amide bonds. The number of ketones is 1. The zero-order valence-electron chi connectivity index (χ0n) is 12.2. The molecule has 0 radical (unpaired) electrons. The van der Waals surface area contributed by atoms with Gasteiger partial charge in [-0.3, -0.25) is 9.59 Å². The van der Waals surface area contributed by atoms with Crippen LogP contribution in [0.15, 0.2) is 41.4 Å². The molecule has 0 saturated heterocycles. The van der Waals surface area contributed by atoms with Gasteiger partial charge in [0.1, 0.15) is 10.8 Å². The molecular weight excluding hydrogens is 302 g/mol. The number of nitrogens with zero attached hydrogens (tertiary/aromatic N) is 2. The lowest BCUT2D eigenvalue weighted by atomic mass is 10.1. The molecule has 0 saturated carbocycles. The summed E-state index contributed by atoms with van der Waals surface area (Å²) in [5.74, 6) is 1.16. The van der Waals surface area contributed by atoms with Crippen molar-refractivity contribution in [2.24, 2.45) is 0 Å². The van der Waals surface area contributed by atoms with Gasteiger partial charge in [-0.05, 0) is 36.4 Å². The van der Waals surface area contributed by atoms with Gasteiger partial charge in [-0.1, -0.05) is 11.8 Å². The van der Waals surface area contributed by atoms with Crippen LogP contribution < -0.4 is 10.1 Å². The second-order valence-corrected chi connectivity index (χ2v) is 5.37. The highest BCUT2D eigenvalue weighted by atomic mass is 32.2. The van der Waals surface area contributed by atoms with Crippen LogP contribution in [-0.2, 0) is 4.79 Å². The first kappa shape index (κ1) is 16.0. The molecule has 2 aromatic rings. The Balaban J connectivity index is 1.91. The van der Waals surface area contributed by atoms with Gasteiger partial charge in [0.15, 0.2) is 11.6 Å². The highest BCUT2D eigenvalue weighted by Gasteiger charge is 2.08. The van der Waals surface area contributed by atoms with E-state index in [4.69, 9.17) is 4.74 Å². The second-order valence-electron chi connectivity index (χ2n) is 4.38. The minimum absolute atomic E-state index is 0.000362. The molecule has 7 heteroatoms. The van der Waals surface area contributed by atoms with Crippen molar-refractivity contribution in [1.82, 2.24) is 10.2 Å². The van der Waals surface area contributed by atoms with Crippen molar-refractivity contribution in [3.63, 3.8) is 0 Å². The number of Topliss-reactive ketones (excluding diaryl/α,β-unsaturated/α-hetero) is 1. The number of rotatable bonds is 6. The number of nitrogens with one attached hydrogen (secondary N) is 1. The molecule has 0 bridgehead atoms. The lowest BCUT2D eigenvalue weighted by Crippen LogP contribution is -2.08. The van der Waals surface area contributed by atoms with Crippen molar-refractivity contribution in [3.8, 4) is 5.75 Å². The van der Waals surface area contributed by atoms with Crippen LogP contribution in [0.3, 0.4) is 0 Å². The minimum atomic E-state index is -0.204. The number of hydrogen-bond donors (Lipinski definition) is 1. The van der Waals surface area contributed by atoms with Gasteiger partial charge in [0.2, 0.25) is 5.91 Å². The molecule has 1 heterocycles. The van der Waals surface area contributed by atoms with E-state index in [9.17, 15) is 9.59 Å². The first-order valence-corrected chi connectivity index (χ1v) is 7.48. The number of amides is 1. The topological polar surface area (TPSA) is 81.2 Å². The summed E-state index contributed by atoms with van der Waals surface area (Å²) >= 11 is 1.29. The molecule has 22 heavy (non-hydrogen) atoms. The molecular formula is C15H15N3O3S. The molecule has 0 fully saturated rings. The van der Waals surface area contributed by atoms with Crippen LogP contribution in [0, 0.1) is 0 Å². The molecule has 0 atom stereocenters. The third kappa shape index (κ3) is 4.56. The number of benzene rings is 1. The first-order valence-electron chi connectivity index (χ1n) is 6.50. The fourth-order valence-corrected chi connectivity index (χ4v) is 2.35. The summed E-state index contributed by atoms with van der Waals surface area (Å²) in [6, 6.07) is 10.3. The average molecular weight is 317 g/mol. The predicted molar refractivity (Wildman–Crippen MR) is 84.4 cm³/mol. The van der Waals surface area contributed by atoms with Gasteiger partial charge in [-0.2, -0.15) is 0 Å². The van der Waals surface area contributed by atoms with E-state index < -0.39 is 0 Å². The third-order valence-electron chi connectivity index (χ3n) is 2.71. The van der Waals surface area contributed by atoms with Gasteiger partial charge >= 0.3 is 0 Å². The summed E-state index contributed by atoms with van der Waals surface area (Å²) in [7, 11) is 1.58. The Morgan fingerprint density at radius 2 is 1.86 bits per heavy atom. The van der Waals surface area contributed by atoms with Gasteiger partial charge < -0.3 is 10.1 Å². The fourth-order valence-electron chi connectivity index (χ4n) is 1.64. The number of aromatic nitrogens is 2. The van der Waals surface area contributed by atoms with Crippen LogP contribution in [-0.4, -0.2) is 34.8 Å². The summed E-state index contributed by atoms with van der Waals surface area (Å²) in [6.45, 7) is 1.40. The highest BCUT2D eigenvalue weighted by Crippen LogP contribution is 2.18.